The lowest BCUT2D eigenvalue weighted by Crippen LogP contribution is -2.22. The molecule has 4 heteroatoms. The van der Waals surface area contributed by atoms with Crippen LogP contribution in [0.1, 0.15) is 20.8 Å². The van der Waals surface area contributed by atoms with Gasteiger partial charge in [0.25, 0.3) is 0 Å². The molecule has 0 spiro atoms. The zero-order valence-electron chi connectivity index (χ0n) is 12.4. The molecule has 0 bridgehead atoms. The Morgan fingerprint density at radius 1 is 1.10 bits per heavy atom. The third-order valence-corrected chi connectivity index (χ3v) is 3.72. The Kier molecular flexibility index (Phi) is 3.18. The van der Waals surface area contributed by atoms with Gasteiger partial charge in [-0.3, -0.25) is 0 Å². The largest absolute Gasteiger partial charge is 0.398 e. The van der Waals surface area contributed by atoms with Gasteiger partial charge in [-0.2, -0.15) is 0 Å². The van der Waals surface area contributed by atoms with Crippen LogP contribution in [0.2, 0.25) is 5.02 Å². The molecule has 0 aliphatic carbocycles. The number of nitrogens with zero attached hydrogens (tertiary/aromatic N) is 2. The quantitative estimate of drug-likeness (QED) is 0.662. The number of halogens is 1. The van der Waals surface area contributed by atoms with E-state index in [9.17, 15) is 0 Å². The number of nitrogens with two attached hydrogens (primary N) is 1. The Labute approximate surface area is 129 Å². The second-order valence-electron chi connectivity index (χ2n) is 6.16. The molecule has 108 valence electrons. The summed E-state index contributed by atoms with van der Waals surface area (Å²) in [5.41, 5.74) is 9.67. The van der Waals surface area contributed by atoms with E-state index < -0.39 is 0 Å². The van der Waals surface area contributed by atoms with Gasteiger partial charge in [0.2, 0.25) is 0 Å². The fourth-order valence-corrected chi connectivity index (χ4v) is 2.80. The third-order valence-electron chi connectivity index (χ3n) is 3.49. The van der Waals surface area contributed by atoms with E-state index >= 15 is 0 Å². The lowest BCUT2D eigenvalue weighted by atomic mass is 10.1. The standard InChI is InChI=1S/C17H18ClN3/c1-17(2,3)21-15-7-5-4-6-14(15)20-16(21)12-9-8-11(18)10-13(12)19/h4-10H,19H2,1-3H3. The zero-order chi connectivity index (χ0) is 15.2. The molecule has 1 heterocycles. The predicted octanol–water partition coefficient (Wildman–Crippen LogP) is 4.69. The van der Waals surface area contributed by atoms with E-state index in [2.05, 4.69) is 31.4 Å². The lowest BCUT2D eigenvalue weighted by Gasteiger charge is -2.25. The van der Waals surface area contributed by atoms with Crippen LogP contribution >= 0.6 is 11.6 Å². The first kappa shape index (κ1) is 14.0. The van der Waals surface area contributed by atoms with Crippen LogP contribution in [0.3, 0.4) is 0 Å². The highest BCUT2D eigenvalue weighted by Gasteiger charge is 2.23. The van der Waals surface area contributed by atoms with E-state index in [1.54, 1.807) is 6.07 Å². The first-order chi connectivity index (χ1) is 9.88. The second kappa shape index (κ2) is 4.78. The Morgan fingerprint density at radius 2 is 1.81 bits per heavy atom. The van der Waals surface area contributed by atoms with Crippen LogP contribution in [0.5, 0.6) is 0 Å². The maximum Gasteiger partial charge on any atom is 0.143 e. The van der Waals surface area contributed by atoms with Gasteiger partial charge in [0.15, 0.2) is 0 Å². The second-order valence-corrected chi connectivity index (χ2v) is 6.60. The molecule has 0 aliphatic heterocycles. The van der Waals surface area contributed by atoms with Crippen molar-refractivity contribution in [3.05, 3.63) is 47.5 Å². The minimum Gasteiger partial charge on any atom is -0.398 e. The zero-order valence-corrected chi connectivity index (χ0v) is 13.1. The molecule has 0 amide bonds. The van der Waals surface area contributed by atoms with Crippen molar-refractivity contribution in [3.8, 4) is 11.4 Å². The summed E-state index contributed by atoms with van der Waals surface area (Å²) in [7, 11) is 0. The fourth-order valence-electron chi connectivity index (χ4n) is 2.62. The highest BCUT2D eigenvalue weighted by Crippen LogP contribution is 2.34. The first-order valence-electron chi connectivity index (χ1n) is 6.91. The van der Waals surface area contributed by atoms with Crippen molar-refractivity contribution < 1.29 is 0 Å². The predicted molar refractivity (Wildman–Crippen MR) is 89.6 cm³/mol. The number of rotatable bonds is 1. The number of anilines is 1. The summed E-state index contributed by atoms with van der Waals surface area (Å²) in [4.78, 5) is 4.78. The minimum absolute atomic E-state index is 0.0997. The van der Waals surface area contributed by atoms with Gasteiger partial charge in [0, 0.05) is 21.8 Å². The van der Waals surface area contributed by atoms with Gasteiger partial charge in [0.1, 0.15) is 5.82 Å². The van der Waals surface area contributed by atoms with E-state index in [1.165, 1.54) is 0 Å². The SMILES string of the molecule is CC(C)(C)n1c(-c2ccc(Cl)cc2N)nc2ccccc21. The average molecular weight is 300 g/mol. The number of imidazole rings is 1. The molecule has 0 saturated heterocycles. The van der Waals surface area contributed by atoms with Gasteiger partial charge in [-0.1, -0.05) is 23.7 Å². The summed E-state index contributed by atoms with van der Waals surface area (Å²) >= 11 is 6.01. The van der Waals surface area contributed by atoms with Crippen molar-refractivity contribution in [1.82, 2.24) is 9.55 Å². The normalized spacial score (nSPS) is 12.0. The molecule has 0 aliphatic rings. The highest BCUT2D eigenvalue weighted by atomic mass is 35.5. The lowest BCUT2D eigenvalue weighted by molar-refractivity contribution is 0.413. The van der Waals surface area contributed by atoms with Crippen LogP contribution in [0.15, 0.2) is 42.5 Å². The minimum atomic E-state index is -0.0997. The molecule has 0 atom stereocenters. The molecular weight excluding hydrogens is 282 g/mol. The monoisotopic (exact) mass is 299 g/mol. The van der Waals surface area contributed by atoms with Crippen molar-refractivity contribution in [3.63, 3.8) is 0 Å². The number of nitrogen functional groups attached to an aromatic ring is 1. The third kappa shape index (κ3) is 2.38. The molecule has 0 radical (unpaired) electrons. The summed E-state index contributed by atoms with van der Waals surface area (Å²) < 4.78 is 2.22. The molecular formula is C17H18ClN3. The molecule has 0 unspecified atom stereocenters. The molecule has 0 fully saturated rings. The van der Waals surface area contributed by atoms with Gasteiger partial charge in [-0.25, -0.2) is 4.98 Å². The molecule has 3 aromatic rings. The van der Waals surface area contributed by atoms with Crippen LogP contribution in [-0.2, 0) is 5.54 Å². The van der Waals surface area contributed by atoms with Crippen molar-refractivity contribution in [2.45, 2.75) is 26.3 Å². The number of hydrogen-bond acceptors (Lipinski definition) is 2. The van der Waals surface area contributed by atoms with Crippen molar-refractivity contribution in [2.24, 2.45) is 0 Å². The summed E-state index contributed by atoms with van der Waals surface area (Å²) in [5.74, 6) is 0.873. The number of aromatic nitrogens is 2. The van der Waals surface area contributed by atoms with E-state index in [0.717, 1.165) is 22.4 Å². The summed E-state index contributed by atoms with van der Waals surface area (Å²) in [6.07, 6.45) is 0. The number of hydrogen-bond donors (Lipinski definition) is 1. The Morgan fingerprint density at radius 3 is 2.48 bits per heavy atom. The number of benzene rings is 2. The van der Waals surface area contributed by atoms with Crippen LogP contribution in [0.25, 0.3) is 22.4 Å². The number of fused-ring (bicyclic) bond motifs is 1. The van der Waals surface area contributed by atoms with E-state index in [0.29, 0.717) is 10.7 Å². The molecule has 3 nitrogen and oxygen atoms in total. The van der Waals surface area contributed by atoms with Gasteiger partial charge >= 0.3 is 0 Å². The van der Waals surface area contributed by atoms with Crippen molar-refractivity contribution in [2.75, 3.05) is 5.73 Å². The van der Waals surface area contributed by atoms with Crippen LogP contribution in [0.4, 0.5) is 5.69 Å². The number of para-hydroxylation sites is 2. The van der Waals surface area contributed by atoms with E-state index in [4.69, 9.17) is 22.3 Å². The Hall–Kier alpha value is -2.00. The Bertz CT molecular complexity index is 813. The molecule has 2 aromatic carbocycles. The van der Waals surface area contributed by atoms with Crippen molar-refractivity contribution in [1.29, 1.82) is 0 Å². The van der Waals surface area contributed by atoms with Gasteiger partial charge < -0.3 is 10.3 Å². The topological polar surface area (TPSA) is 43.8 Å². The van der Waals surface area contributed by atoms with Crippen LogP contribution in [-0.4, -0.2) is 9.55 Å². The van der Waals surface area contributed by atoms with E-state index in [1.807, 2.05) is 30.3 Å². The summed E-state index contributed by atoms with van der Waals surface area (Å²) in [5, 5.41) is 0.634. The van der Waals surface area contributed by atoms with E-state index in [-0.39, 0.29) is 5.54 Å². The summed E-state index contributed by atoms with van der Waals surface area (Å²) in [6.45, 7) is 6.49. The van der Waals surface area contributed by atoms with Gasteiger partial charge in [0.05, 0.1) is 11.0 Å². The van der Waals surface area contributed by atoms with Crippen LogP contribution < -0.4 is 5.73 Å². The molecule has 1 aromatic heterocycles. The van der Waals surface area contributed by atoms with Gasteiger partial charge in [-0.05, 0) is 51.1 Å². The molecule has 21 heavy (non-hydrogen) atoms. The highest BCUT2D eigenvalue weighted by molar-refractivity contribution is 6.31. The molecule has 0 saturated carbocycles. The Balaban J connectivity index is 2.37. The van der Waals surface area contributed by atoms with Crippen LogP contribution in [0, 0.1) is 0 Å². The van der Waals surface area contributed by atoms with Gasteiger partial charge in [-0.15, -0.1) is 0 Å². The smallest absolute Gasteiger partial charge is 0.143 e. The first-order valence-corrected chi connectivity index (χ1v) is 7.29. The maximum absolute atomic E-state index is 6.15. The average Bonchev–Trinajstić information content (AvgIpc) is 2.77. The molecule has 2 N–H and O–H groups in total. The van der Waals surface area contributed by atoms with Crippen molar-refractivity contribution >= 4 is 28.3 Å². The maximum atomic E-state index is 6.15. The summed E-state index contributed by atoms with van der Waals surface area (Å²) in [6, 6.07) is 13.7. The molecule has 3 rings (SSSR count). The fraction of sp³-hybridized carbons (Fsp3) is 0.235.